The molecule has 1 aromatic rings. The van der Waals surface area contributed by atoms with Gasteiger partial charge >= 0.3 is 5.97 Å². The van der Waals surface area contributed by atoms with Crippen molar-refractivity contribution in [3.05, 3.63) is 46.7 Å². The Morgan fingerprint density at radius 2 is 1.85 bits per heavy atom. The van der Waals surface area contributed by atoms with Crippen LogP contribution in [-0.4, -0.2) is 42.4 Å². The Labute approximate surface area is 152 Å². The zero-order valence-corrected chi connectivity index (χ0v) is 15.2. The number of carbonyl (C=O) groups is 3. The Bertz CT molecular complexity index is 791. The molecule has 0 aliphatic carbocycles. The predicted octanol–water partition coefficient (Wildman–Crippen LogP) is 1.63. The number of esters is 1. The number of ether oxygens (including phenoxy) is 2. The average Bonchev–Trinajstić information content (AvgIpc) is 2.83. The zero-order chi connectivity index (χ0) is 19.4. The van der Waals surface area contributed by atoms with E-state index in [1.807, 2.05) is 13.8 Å². The molecule has 2 N–H and O–H groups in total. The van der Waals surface area contributed by atoms with Crippen LogP contribution in [0.2, 0.25) is 0 Å². The maximum atomic E-state index is 12.8. The van der Waals surface area contributed by atoms with Gasteiger partial charge < -0.3 is 20.1 Å². The van der Waals surface area contributed by atoms with Gasteiger partial charge in [-0.2, -0.15) is 0 Å². The molecule has 7 nitrogen and oxygen atoms in total. The average molecular weight is 358 g/mol. The Morgan fingerprint density at radius 1 is 1.23 bits per heavy atom. The van der Waals surface area contributed by atoms with Gasteiger partial charge in [0, 0.05) is 11.7 Å². The summed E-state index contributed by atoms with van der Waals surface area (Å²) in [5.74, 6) is -0.879. The minimum absolute atomic E-state index is 0.0855. The predicted molar refractivity (Wildman–Crippen MR) is 95.8 cm³/mol. The van der Waals surface area contributed by atoms with Crippen LogP contribution in [0.3, 0.4) is 0 Å². The van der Waals surface area contributed by atoms with E-state index in [1.165, 1.54) is 7.11 Å². The van der Waals surface area contributed by atoms with Crippen LogP contribution in [0, 0.1) is 0 Å². The third-order valence-electron chi connectivity index (χ3n) is 3.92. The molecular formula is C19H22N2O5. The number of rotatable bonds is 6. The van der Waals surface area contributed by atoms with Gasteiger partial charge in [0.25, 0.3) is 11.8 Å². The van der Waals surface area contributed by atoms with Gasteiger partial charge in [0.15, 0.2) is 6.61 Å². The number of primary amides is 1. The number of allylic oxidation sites excluding steroid dienone is 1. The van der Waals surface area contributed by atoms with Gasteiger partial charge in [0.1, 0.15) is 5.75 Å². The van der Waals surface area contributed by atoms with Crippen molar-refractivity contribution in [3.8, 4) is 5.75 Å². The van der Waals surface area contributed by atoms with Crippen LogP contribution in [-0.2, 0) is 19.1 Å². The summed E-state index contributed by atoms with van der Waals surface area (Å²) >= 11 is 0. The van der Waals surface area contributed by atoms with Crippen molar-refractivity contribution in [3.63, 3.8) is 0 Å². The second-order valence-electron chi connectivity index (χ2n) is 6.10. The van der Waals surface area contributed by atoms with E-state index in [1.54, 1.807) is 42.2 Å². The molecule has 138 valence electrons. The fraction of sp³-hybridized carbons (Fsp3) is 0.316. The lowest BCUT2D eigenvalue weighted by Crippen LogP contribution is -2.31. The van der Waals surface area contributed by atoms with E-state index in [2.05, 4.69) is 0 Å². The number of nitrogens with two attached hydrogens (primary N) is 1. The lowest BCUT2D eigenvalue weighted by Gasteiger charge is -2.22. The molecule has 0 atom stereocenters. The first kappa shape index (κ1) is 19.2. The number of carbonyl (C=O) groups excluding carboxylic acids is 3. The Hall–Kier alpha value is -3.09. The molecule has 7 heteroatoms. The molecule has 1 aromatic carbocycles. The fourth-order valence-electron chi connectivity index (χ4n) is 2.80. The van der Waals surface area contributed by atoms with E-state index < -0.39 is 11.9 Å². The van der Waals surface area contributed by atoms with Gasteiger partial charge in [-0.3, -0.25) is 9.59 Å². The summed E-state index contributed by atoms with van der Waals surface area (Å²) in [5, 5.41) is 0. The Balaban J connectivity index is 2.36. The van der Waals surface area contributed by atoms with E-state index in [9.17, 15) is 14.4 Å². The molecule has 0 bridgehead atoms. The van der Waals surface area contributed by atoms with E-state index in [4.69, 9.17) is 15.2 Å². The van der Waals surface area contributed by atoms with Crippen molar-refractivity contribution in [1.82, 2.24) is 4.90 Å². The third kappa shape index (κ3) is 3.93. The van der Waals surface area contributed by atoms with E-state index in [0.29, 0.717) is 17.0 Å². The zero-order valence-electron chi connectivity index (χ0n) is 15.2. The second-order valence-corrected chi connectivity index (χ2v) is 6.10. The summed E-state index contributed by atoms with van der Waals surface area (Å²) in [6.07, 6.45) is 1.64. The van der Waals surface area contributed by atoms with Crippen molar-refractivity contribution in [2.24, 2.45) is 5.73 Å². The molecule has 2 amide bonds. The quantitative estimate of drug-likeness (QED) is 0.615. The highest BCUT2D eigenvalue weighted by Gasteiger charge is 2.38. The number of benzene rings is 1. The summed E-state index contributed by atoms with van der Waals surface area (Å²) < 4.78 is 10.0. The van der Waals surface area contributed by atoms with Crippen LogP contribution in [0.5, 0.6) is 5.75 Å². The second kappa shape index (κ2) is 7.86. The lowest BCUT2D eigenvalue weighted by molar-refractivity contribution is -0.136. The van der Waals surface area contributed by atoms with Crippen molar-refractivity contribution in [2.45, 2.75) is 26.8 Å². The standard InChI is InChI=1S/C19H22N2O5/c1-11(2)21-12(3)17(19(24)25-4)15(18(21)23)9-13-5-7-14(8-6-13)26-10-16(20)22/h5-9,11H,10H2,1-4H3,(H2,20,22)/b15-9-. The minimum Gasteiger partial charge on any atom is -0.484 e. The summed E-state index contributed by atoms with van der Waals surface area (Å²) in [6, 6.07) is 6.67. The lowest BCUT2D eigenvalue weighted by atomic mass is 10.0. The highest BCUT2D eigenvalue weighted by Crippen LogP contribution is 2.33. The van der Waals surface area contributed by atoms with Crippen LogP contribution in [0.25, 0.3) is 6.08 Å². The number of hydrogen-bond donors (Lipinski definition) is 1. The van der Waals surface area contributed by atoms with Gasteiger partial charge in [-0.05, 0) is 44.5 Å². The first-order chi connectivity index (χ1) is 12.3. The number of nitrogens with zero attached hydrogens (tertiary/aromatic N) is 1. The van der Waals surface area contributed by atoms with Crippen LogP contribution in [0.1, 0.15) is 26.3 Å². The van der Waals surface area contributed by atoms with Crippen LogP contribution in [0.4, 0.5) is 0 Å². The van der Waals surface area contributed by atoms with E-state index in [-0.39, 0.29) is 29.7 Å². The maximum Gasteiger partial charge on any atom is 0.340 e. The smallest absolute Gasteiger partial charge is 0.340 e. The molecule has 0 spiro atoms. The third-order valence-corrected chi connectivity index (χ3v) is 3.92. The molecular weight excluding hydrogens is 336 g/mol. The van der Waals surface area contributed by atoms with Crippen LogP contribution >= 0.6 is 0 Å². The van der Waals surface area contributed by atoms with Crippen molar-refractivity contribution in [2.75, 3.05) is 13.7 Å². The summed E-state index contributed by atoms with van der Waals surface area (Å²) in [4.78, 5) is 37.3. The van der Waals surface area contributed by atoms with Gasteiger partial charge in [-0.1, -0.05) is 12.1 Å². The van der Waals surface area contributed by atoms with Gasteiger partial charge in [0.2, 0.25) is 0 Å². The number of methoxy groups -OCH3 is 1. The molecule has 1 aliphatic heterocycles. The molecule has 0 radical (unpaired) electrons. The molecule has 0 saturated heterocycles. The van der Waals surface area contributed by atoms with E-state index in [0.717, 1.165) is 0 Å². The summed E-state index contributed by atoms with van der Waals surface area (Å²) in [6.45, 7) is 5.27. The summed E-state index contributed by atoms with van der Waals surface area (Å²) in [5.41, 5.74) is 6.87. The first-order valence-corrected chi connectivity index (χ1v) is 8.12. The summed E-state index contributed by atoms with van der Waals surface area (Å²) in [7, 11) is 1.29. The molecule has 0 saturated carbocycles. The van der Waals surface area contributed by atoms with Crippen molar-refractivity contribution < 1.29 is 23.9 Å². The molecule has 0 unspecified atom stereocenters. The molecule has 1 heterocycles. The normalized spacial score (nSPS) is 15.8. The minimum atomic E-state index is -0.565. The number of amides is 2. The monoisotopic (exact) mass is 358 g/mol. The van der Waals surface area contributed by atoms with Gasteiger partial charge in [0.05, 0.1) is 18.3 Å². The molecule has 0 fully saturated rings. The molecule has 1 aliphatic rings. The van der Waals surface area contributed by atoms with Crippen LogP contribution < -0.4 is 10.5 Å². The van der Waals surface area contributed by atoms with Crippen molar-refractivity contribution >= 4 is 23.9 Å². The van der Waals surface area contributed by atoms with Gasteiger partial charge in [-0.15, -0.1) is 0 Å². The fourth-order valence-corrected chi connectivity index (χ4v) is 2.80. The SMILES string of the molecule is COC(=O)C1=C(C)N(C(C)C)C(=O)/C1=C\c1ccc(OCC(N)=O)cc1. The number of hydrogen-bond acceptors (Lipinski definition) is 5. The Kier molecular flexibility index (Phi) is 5.82. The first-order valence-electron chi connectivity index (χ1n) is 8.12. The highest BCUT2D eigenvalue weighted by atomic mass is 16.5. The Morgan fingerprint density at radius 3 is 2.35 bits per heavy atom. The highest BCUT2D eigenvalue weighted by molar-refractivity contribution is 6.16. The van der Waals surface area contributed by atoms with Gasteiger partial charge in [-0.25, -0.2) is 4.79 Å². The topological polar surface area (TPSA) is 98.9 Å². The van der Waals surface area contributed by atoms with Crippen LogP contribution in [0.15, 0.2) is 41.1 Å². The van der Waals surface area contributed by atoms with Crippen molar-refractivity contribution in [1.29, 1.82) is 0 Å². The maximum absolute atomic E-state index is 12.8. The molecule has 0 aromatic heterocycles. The molecule has 26 heavy (non-hydrogen) atoms. The molecule has 2 rings (SSSR count). The van der Waals surface area contributed by atoms with E-state index >= 15 is 0 Å². The largest absolute Gasteiger partial charge is 0.484 e.